The van der Waals surface area contributed by atoms with Gasteiger partial charge >= 0.3 is 0 Å². The van der Waals surface area contributed by atoms with E-state index < -0.39 is 0 Å². The van der Waals surface area contributed by atoms with Crippen LogP contribution in [0.1, 0.15) is 12.8 Å². The van der Waals surface area contributed by atoms with Crippen LogP contribution in [0.15, 0.2) is 23.1 Å². The molecule has 0 aromatic carbocycles. The van der Waals surface area contributed by atoms with Crippen LogP contribution in [-0.2, 0) is 0 Å². The van der Waals surface area contributed by atoms with Gasteiger partial charge in [-0.2, -0.15) is 0 Å². The summed E-state index contributed by atoms with van der Waals surface area (Å²) >= 11 is 4.06. The van der Waals surface area contributed by atoms with Crippen molar-refractivity contribution in [3.8, 4) is 0 Å². The molecule has 2 heteroatoms. The Bertz CT molecular complexity index is 124. The van der Waals surface area contributed by atoms with Crippen LogP contribution in [0.4, 0.5) is 0 Å². The number of rotatable bonds is 1. The van der Waals surface area contributed by atoms with Gasteiger partial charge in [-0.3, -0.25) is 0 Å². The topological polar surface area (TPSA) is 0 Å². The summed E-state index contributed by atoms with van der Waals surface area (Å²) < 4.78 is 0. The van der Waals surface area contributed by atoms with E-state index in [0.29, 0.717) is 0 Å². The lowest BCUT2D eigenvalue weighted by atomic mass is 10.2. The highest BCUT2D eigenvalue weighted by Gasteiger charge is 1.92. The molecule has 0 spiro atoms. The van der Waals surface area contributed by atoms with Crippen LogP contribution in [0, 0.1) is 0 Å². The van der Waals surface area contributed by atoms with Gasteiger partial charge in [0.05, 0.1) is 0 Å². The Kier molecular flexibility index (Phi) is 2.56. The van der Waals surface area contributed by atoms with Crippen molar-refractivity contribution < 1.29 is 0 Å². The van der Waals surface area contributed by atoms with E-state index in [4.69, 9.17) is 0 Å². The predicted molar refractivity (Wildman–Crippen MR) is 43.0 cm³/mol. The van der Waals surface area contributed by atoms with E-state index in [0.717, 1.165) is 0 Å². The maximum atomic E-state index is 4.06. The van der Waals surface area contributed by atoms with E-state index in [9.17, 15) is 0 Å². The molecule has 44 valence electrons. The third kappa shape index (κ3) is 1.60. The second kappa shape index (κ2) is 3.25. The molecule has 0 saturated carbocycles. The van der Waals surface area contributed by atoms with E-state index in [1.807, 2.05) is 0 Å². The van der Waals surface area contributed by atoms with Crippen LogP contribution in [0.5, 0.6) is 0 Å². The Labute approximate surface area is 58.9 Å². The summed E-state index contributed by atoms with van der Waals surface area (Å²) in [6.45, 7) is 0. The summed E-state index contributed by atoms with van der Waals surface area (Å²) in [4.78, 5) is 1.28. The smallest absolute Gasteiger partial charge is 0.0137 e. The van der Waals surface area contributed by atoms with E-state index in [-0.39, 0.29) is 0 Å². The van der Waals surface area contributed by atoms with Gasteiger partial charge in [-0.25, -0.2) is 0 Å². The second-order valence-corrected chi connectivity index (χ2v) is 2.88. The Morgan fingerprint density at radius 2 is 2.38 bits per heavy atom. The summed E-state index contributed by atoms with van der Waals surface area (Å²) in [5, 5.41) is 0. The molecule has 0 aromatic heterocycles. The van der Waals surface area contributed by atoms with Gasteiger partial charge in [-0.05, 0) is 12.8 Å². The first-order chi connectivity index (χ1) is 3.93. The molecule has 0 bridgehead atoms. The molecule has 0 atom stereocenters. The Morgan fingerprint density at radius 1 is 1.50 bits per heavy atom. The fourth-order valence-corrected chi connectivity index (χ4v) is 1.41. The molecule has 0 aliphatic heterocycles. The number of hydrogen-bond donors (Lipinski definition) is 1. The SMILES string of the molecule is SSC1=CCCC=C1. The van der Waals surface area contributed by atoms with Crippen molar-refractivity contribution in [2.75, 3.05) is 0 Å². The molecular formula is C6H8S2. The fourth-order valence-electron chi connectivity index (χ4n) is 0.657. The molecule has 8 heavy (non-hydrogen) atoms. The van der Waals surface area contributed by atoms with Gasteiger partial charge < -0.3 is 0 Å². The summed E-state index contributed by atoms with van der Waals surface area (Å²) in [5.74, 6) is 0. The lowest BCUT2D eigenvalue weighted by molar-refractivity contribution is 1.03. The van der Waals surface area contributed by atoms with Crippen LogP contribution in [-0.4, -0.2) is 0 Å². The zero-order valence-electron chi connectivity index (χ0n) is 4.50. The third-order valence-electron chi connectivity index (χ3n) is 1.07. The molecule has 1 aliphatic rings. The van der Waals surface area contributed by atoms with Crippen molar-refractivity contribution in [1.29, 1.82) is 0 Å². The summed E-state index contributed by atoms with van der Waals surface area (Å²) in [5.41, 5.74) is 0. The number of thiol groups is 1. The molecule has 0 heterocycles. The first-order valence-electron chi connectivity index (χ1n) is 2.61. The normalized spacial score (nSPS) is 18.4. The Balaban J connectivity index is 2.51. The molecule has 0 amide bonds. The zero-order valence-corrected chi connectivity index (χ0v) is 6.21. The number of allylic oxidation sites excluding steroid dienone is 3. The van der Waals surface area contributed by atoms with Crippen molar-refractivity contribution in [3.63, 3.8) is 0 Å². The van der Waals surface area contributed by atoms with Crippen LogP contribution in [0.3, 0.4) is 0 Å². The number of hydrogen-bond acceptors (Lipinski definition) is 2. The maximum Gasteiger partial charge on any atom is 0.0137 e. The minimum absolute atomic E-state index is 1.18. The van der Waals surface area contributed by atoms with Gasteiger partial charge in [0, 0.05) is 4.91 Å². The minimum atomic E-state index is 1.18. The van der Waals surface area contributed by atoms with Gasteiger partial charge in [-0.15, -0.1) is 11.7 Å². The monoisotopic (exact) mass is 144 g/mol. The molecule has 0 N–H and O–H groups in total. The van der Waals surface area contributed by atoms with Gasteiger partial charge in [-0.1, -0.05) is 29.0 Å². The Morgan fingerprint density at radius 3 is 2.75 bits per heavy atom. The van der Waals surface area contributed by atoms with Crippen molar-refractivity contribution in [2.45, 2.75) is 12.8 Å². The molecular weight excluding hydrogens is 136 g/mol. The van der Waals surface area contributed by atoms with Crippen molar-refractivity contribution in [1.82, 2.24) is 0 Å². The largest absolute Gasteiger partial charge is 0.106 e. The van der Waals surface area contributed by atoms with Gasteiger partial charge in [0.15, 0.2) is 0 Å². The molecule has 0 saturated heterocycles. The maximum absolute atomic E-state index is 4.06. The quantitative estimate of drug-likeness (QED) is 0.436. The predicted octanol–water partition coefficient (Wildman–Crippen LogP) is 2.80. The second-order valence-electron chi connectivity index (χ2n) is 1.68. The van der Waals surface area contributed by atoms with Gasteiger partial charge in [0.1, 0.15) is 0 Å². The van der Waals surface area contributed by atoms with Crippen LogP contribution < -0.4 is 0 Å². The molecule has 1 aliphatic carbocycles. The average Bonchev–Trinajstić information content (AvgIpc) is 1.90. The highest BCUT2D eigenvalue weighted by Crippen LogP contribution is 2.24. The molecule has 0 aromatic rings. The zero-order chi connectivity index (χ0) is 5.82. The van der Waals surface area contributed by atoms with Crippen molar-refractivity contribution >= 4 is 22.5 Å². The van der Waals surface area contributed by atoms with Gasteiger partial charge in [0.25, 0.3) is 0 Å². The highest BCUT2D eigenvalue weighted by molar-refractivity contribution is 8.70. The standard InChI is InChI=1S/C6H8S2/c7-8-6-4-2-1-3-5-6/h2,4-5,7H,1,3H2. The van der Waals surface area contributed by atoms with E-state index in [2.05, 4.69) is 29.9 Å². The van der Waals surface area contributed by atoms with E-state index >= 15 is 0 Å². The Hall–Kier alpha value is 0.180. The molecule has 0 nitrogen and oxygen atoms in total. The van der Waals surface area contributed by atoms with E-state index in [1.54, 1.807) is 0 Å². The van der Waals surface area contributed by atoms with Crippen molar-refractivity contribution in [2.24, 2.45) is 0 Å². The molecule has 1 rings (SSSR count). The van der Waals surface area contributed by atoms with Gasteiger partial charge in [0.2, 0.25) is 0 Å². The minimum Gasteiger partial charge on any atom is -0.106 e. The first-order valence-corrected chi connectivity index (χ1v) is 4.48. The summed E-state index contributed by atoms with van der Waals surface area (Å²) in [6, 6.07) is 0. The van der Waals surface area contributed by atoms with Crippen LogP contribution >= 0.6 is 22.5 Å². The van der Waals surface area contributed by atoms with Crippen LogP contribution in [0.2, 0.25) is 0 Å². The van der Waals surface area contributed by atoms with Crippen LogP contribution in [0.25, 0.3) is 0 Å². The lowest BCUT2D eigenvalue weighted by Gasteiger charge is -1.99. The van der Waals surface area contributed by atoms with Crippen molar-refractivity contribution in [3.05, 3.63) is 23.1 Å². The fraction of sp³-hybridized carbons (Fsp3) is 0.333. The third-order valence-corrected chi connectivity index (χ3v) is 2.21. The molecule has 0 radical (unpaired) electrons. The first kappa shape index (κ1) is 6.30. The summed E-state index contributed by atoms with van der Waals surface area (Å²) in [7, 11) is 1.51. The highest BCUT2D eigenvalue weighted by atomic mass is 33.1. The van der Waals surface area contributed by atoms with E-state index in [1.165, 1.54) is 28.5 Å². The molecule has 0 unspecified atom stereocenters. The molecule has 0 fully saturated rings. The average molecular weight is 144 g/mol. The summed E-state index contributed by atoms with van der Waals surface area (Å²) in [6.07, 6.45) is 8.87. The lowest BCUT2D eigenvalue weighted by Crippen LogP contribution is -1.75.